The maximum atomic E-state index is 13.1. The molecular weight excluding hydrogens is 438 g/mol. The first-order valence-corrected chi connectivity index (χ1v) is 13.0. The van der Waals surface area contributed by atoms with E-state index in [0.717, 1.165) is 25.9 Å². The number of esters is 1. The molecule has 1 aliphatic heterocycles. The highest BCUT2D eigenvalue weighted by Gasteiger charge is 2.91. The average molecular weight is 480 g/mol. The third-order valence-electron chi connectivity index (χ3n) is 11.6. The van der Waals surface area contributed by atoms with Gasteiger partial charge in [0.25, 0.3) is 0 Å². The van der Waals surface area contributed by atoms with Crippen LogP contribution in [-0.2, 0) is 23.7 Å². The molecule has 34 heavy (non-hydrogen) atoms. The topological polar surface area (TPSA) is 97.7 Å². The Morgan fingerprint density at radius 3 is 2.47 bits per heavy atom. The second kappa shape index (κ2) is 7.17. The number of fused-ring (bicyclic) bond motifs is 2. The second-order valence-corrected chi connectivity index (χ2v) is 12.3. The molecule has 192 valence electrons. The number of nitrogens with zero attached hydrogens (tertiary/aromatic N) is 1. The molecule has 8 heteroatoms. The molecule has 0 aromatic heterocycles. The van der Waals surface area contributed by atoms with Gasteiger partial charge in [-0.15, -0.1) is 0 Å². The number of ether oxygens (including phenoxy) is 4. The predicted molar refractivity (Wildman–Crippen MR) is 122 cm³/mol. The summed E-state index contributed by atoms with van der Waals surface area (Å²) in [5, 5.41) is 24.8. The normalized spacial score (nSPS) is 59.2. The van der Waals surface area contributed by atoms with Crippen LogP contribution in [0.5, 0.6) is 0 Å². The van der Waals surface area contributed by atoms with E-state index in [0.29, 0.717) is 12.8 Å². The average Bonchev–Trinajstić information content (AvgIpc) is 3.15. The molecule has 13 atom stereocenters. The number of likely N-dealkylation sites (tertiary alicyclic amines) is 1. The maximum absolute atomic E-state index is 13.1. The first kappa shape index (κ1) is 23.6. The molecule has 6 aliphatic rings. The molecule has 13 unspecified atom stereocenters. The minimum absolute atomic E-state index is 0.0741. The summed E-state index contributed by atoms with van der Waals surface area (Å²) in [4.78, 5) is 15.1. The van der Waals surface area contributed by atoms with E-state index in [-0.39, 0.29) is 47.4 Å². The molecule has 5 saturated carbocycles. The Hall–Kier alpha value is -0.770. The van der Waals surface area contributed by atoms with Crippen molar-refractivity contribution in [2.45, 2.75) is 88.1 Å². The van der Waals surface area contributed by atoms with Gasteiger partial charge in [0.05, 0.1) is 29.5 Å². The number of aliphatic hydroxyl groups excluding tert-OH is 1. The van der Waals surface area contributed by atoms with Gasteiger partial charge in [0.1, 0.15) is 6.10 Å². The fourth-order valence-corrected chi connectivity index (χ4v) is 11.1. The highest BCUT2D eigenvalue weighted by Crippen LogP contribution is 2.81. The van der Waals surface area contributed by atoms with Crippen LogP contribution in [-0.4, -0.2) is 97.2 Å². The van der Waals surface area contributed by atoms with Crippen LogP contribution in [0.2, 0.25) is 0 Å². The summed E-state index contributed by atoms with van der Waals surface area (Å²) >= 11 is 0. The zero-order chi connectivity index (χ0) is 24.4. The van der Waals surface area contributed by atoms with Crippen molar-refractivity contribution in [2.75, 3.05) is 34.4 Å². The number of methoxy groups -OCH3 is 3. The van der Waals surface area contributed by atoms with Gasteiger partial charge in [-0.3, -0.25) is 9.69 Å². The number of carbonyl (C=O) groups excluding carboxylic acids is 1. The standard InChI is InChI=1S/C26H41NO7/c1-7-27-12-23(3)9-8-16(32-5)26-21(23)19(34-13(2)28)17(22(26)27)24(33-6)11-15(31-4)14-10-25(26,30)20(24)18(14)29/h14-22,29-30H,7-12H2,1-6H3. The Balaban J connectivity index is 1.70. The predicted octanol–water partition coefficient (Wildman–Crippen LogP) is 1.22. The van der Waals surface area contributed by atoms with Crippen molar-refractivity contribution in [3.8, 4) is 0 Å². The zero-order valence-electron chi connectivity index (χ0n) is 21.3. The van der Waals surface area contributed by atoms with E-state index >= 15 is 0 Å². The molecule has 6 rings (SSSR count). The van der Waals surface area contributed by atoms with Gasteiger partial charge in [-0.2, -0.15) is 0 Å². The number of aliphatic hydroxyl groups is 2. The number of piperidine rings is 1. The summed E-state index contributed by atoms with van der Waals surface area (Å²) in [5.41, 5.74) is -2.91. The Kier molecular flexibility index (Phi) is 4.98. The van der Waals surface area contributed by atoms with Gasteiger partial charge < -0.3 is 29.2 Å². The van der Waals surface area contributed by atoms with Gasteiger partial charge in [-0.05, 0) is 31.2 Å². The lowest BCUT2D eigenvalue weighted by Crippen LogP contribution is -2.81. The molecule has 0 amide bonds. The monoisotopic (exact) mass is 479 g/mol. The Bertz CT molecular complexity index is 885. The molecule has 0 aromatic rings. The van der Waals surface area contributed by atoms with Crippen molar-refractivity contribution in [1.82, 2.24) is 4.90 Å². The first-order valence-electron chi connectivity index (χ1n) is 13.0. The Morgan fingerprint density at radius 2 is 1.88 bits per heavy atom. The largest absolute Gasteiger partial charge is 0.462 e. The smallest absolute Gasteiger partial charge is 0.302 e. The summed E-state index contributed by atoms with van der Waals surface area (Å²) < 4.78 is 25.0. The second-order valence-electron chi connectivity index (χ2n) is 12.3. The molecule has 6 fully saturated rings. The van der Waals surface area contributed by atoms with Crippen LogP contribution in [0.3, 0.4) is 0 Å². The van der Waals surface area contributed by atoms with Gasteiger partial charge >= 0.3 is 5.97 Å². The Morgan fingerprint density at radius 1 is 1.15 bits per heavy atom. The van der Waals surface area contributed by atoms with Crippen molar-refractivity contribution in [3.05, 3.63) is 0 Å². The van der Waals surface area contributed by atoms with E-state index in [2.05, 4.69) is 18.7 Å². The molecule has 0 aromatic carbocycles. The van der Waals surface area contributed by atoms with E-state index in [4.69, 9.17) is 18.9 Å². The van der Waals surface area contributed by atoms with E-state index < -0.39 is 34.7 Å². The van der Waals surface area contributed by atoms with Crippen LogP contribution in [0, 0.1) is 34.5 Å². The van der Waals surface area contributed by atoms with Gasteiger partial charge in [-0.1, -0.05) is 13.8 Å². The third kappa shape index (κ3) is 2.27. The first-order chi connectivity index (χ1) is 16.1. The summed E-state index contributed by atoms with van der Waals surface area (Å²) in [6.45, 7) is 7.68. The van der Waals surface area contributed by atoms with Crippen LogP contribution in [0.25, 0.3) is 0 Å². The Labute approximate surface area is 202 Å². The third-order valence-corrected chi connectivity index (χ3v) is 11.6. The lowest BCUT2D eigenvalue weighted by molar-refractivity contribution is -0.328. The minimum atomic E-state index is -1.22. The number of hydrogen-bond acceptors (Lipinski definition) is 8. The minimum Gasteiger partial charge on any atom is -0.462 e. The molecule has 1 heterocycles. The molecule has 0 radical (unpaired) electrons. The van der Waals surface area contributed by atoms with Crippen molar-refractivity contribution in [3.63, 3.8) is 0 Å². The van der Waals surface area contributed by atoms with Crippen LogP contribution in [0.1, 0.15) is 46.5 Å². The van der Waals surface area contributed by atoms with Crippen LogP contribution >= 0.6 is 0 Å². The van der Waals surface area contributed by atoms with Crippen LogP contribution in [0.4, 0.5) is 0 Å². The molecule has 1 saturated heterocycles. The zero-order valence-corrected chi connectivity index (χ0v) is 21.3. The van der Waals surface area contributed by atoms with Gasteiger partial charge in [0, 0.05) is 76.3 Å². The van der Waals surface area contributed by atoms with Crippen molar-refractivity contribution in [1.29, 1.82) is 0 Å². The number of carbonyl (C=O) groups is 1. The van der Waals surface area contributed by atoms with Gasteiger partial charge in [0.2, 0.25) is 0 Å². The molecule has 1 spiro atoms. The fraction of sp³-hybridized carbons (Fsp3) is 0.962. The van der Waals surface area contributed by atoms with Gasteiger partial charge in [0.15, 0.2) is 0 Å². The highest BCUT2D eigenvalue weighted by atomic mass is 16.6. The lowest BCUT2D eigenvalue weighted by Gasteiger charge is -2.71. The molecule has 7 bridgehead atoms. The van der Waals surface area contributed by atoms with Crippen LogP contribution in [0.15, 0.2) is 0 Å². The summed E-state index contributed by atoms with van der Waals surface area (Å²) in [5.74, 6) is -1.22. The van der Waals surface area contributed by atoms with Crippen molar-refractivity contribution < 1.29 is 34.0 Å². The van der Waals surface area contributed by atoms with Crippen LogP contribution < -0.4 is 0 Å². The summed E-state index contributed by atoms with van der Waals surface area (Å²) in [6.07, 6.45) is 1.21. The quantitative estimate of drug-likeness (QED) is 0.568. The van der Waals surface area contributed by atoms with Crippen molar-refractivity contribution in [2.24, 2.45) is 34.5 Å². The van der Waals surface area contributed by atoms with E-state index in [9.17, 15) is 15.0 Å². The van der Waals surface area contributed by atoms with Crippen molar-refractivity contribution >= 4 is 5.97 Å². The molecule has 8 nitrogen and oxygen atoms in total. The molecule has 2 N–H and O–H groups in total. The van der Waals surface area contributed by atoms with Gasteiger partial charge in [-0.25, -0.2) is 0 Å². The summed E-state index contributed by atoms with van der Waals surface area (Å²) in [7, 11) is 5.13. The SMILES string of the molecule is CCN1CC2(C)CCC(OC)C34C1C(C(OC(C)=O)C23)C1(OC)CC(OC)C2CC4(O)C1C2O. The van der Waals surface area contributed by atoms with E-state index in [1.807, 2.05) is 0 Å². The van der Waals surface area contributed by atoms with E-state index in [1.165, 1.54) is 6.92 Å². The highest BCUT2D eigenvalue weighted by molar-refractivity contribution is 5.66. The molecule has 5 aliphatic carbocycles. The lowest BCUT2D eigenvalue weighted by atomic mass is 9.41. The maximum Gasteiger partial charge on any atom is 0.302 e. The number of hydrogen-bond donors (Lipinski definition) is 2. The fourth-order valence-electron chi connectivity index (χ4n) is 11.1. The molecular formula is C26H41NO7. The summed E-state index contributed by atoms with van der Waals surface area (Å²) in [6, 6.07) is -0.0760. The van der Waals surface area contributed by atoms with E-state index in [1.54, 1.807) is 21.3 Å². The number of rotatable bonds is 5.